The molecule has 1 saturated heterocycles. The van der Waals surface area contributed by atoms with Crippen molar-refractivity contribution >= 4 is 5.91 Å². The van der Waals surface area contributed by atoms with Gasteiger partial charge in [0.1, 0.15) is 0 Å². The number of amides is 1. The molecule has 6 unspecified atom stereocenters. The molecule has 2 bridgehead atoms. The second kappa shape index (κ2) is 4.34. The third kappa shape index (κ3) is 1.58. The number of aliphatic hydroxyl groups excluding tert-OH is 1. The van der Waals surface area contributed by atoms with Crippen LogP contribution in [0.5, 0.6) is 0 Å². The summed E-state index contributed by atoms with van der Waals surface area (Å²) in [5.74, 6) is 1.84. The average molecular weight is 301 g/mol. The van der Waals surface area contributed by atoms with Crippen molar-refractivity contribution in [2.24, 2.45) is 24.8 Å². The number of likely N-dealkylation sites (tertiary alicyclic amines) is 1. The van der Waals surface area contributed by atoms with Crippen LogP contribution in [-0.4, -0.2) is 44.4 Å². The highest BCUT2D eigenvalue weighted by molar-refractivity contribution is 5.85. The summed E-state index contributed by atoms with van der Waals surface area (Å²) >= 11 is 0. The molecule has 22 heavy (non-hydrogen) atoms. The Morgan fingerprint density at radius 2 is 2.23 bits per heavy atom. The van der Waals surface area contributed by atoms with Crippen LogP contribution in [0.2, 0.25) is 0 Å². The van der Waals surface area contributed by atoms with Gasteiger partial charge in [0.15, 0.2) is 0 Å². The summed E-state index contributed by atoms with van der Waals surface area (Å²) in [7, 11) is 1.93. The monoisotopic (exact) mass is 301 g/mol. The number of aryl methyl sites for hydroxylation is 2. The van der Waals surface area contributed by atoms with E-state index in [0.717, 1.165) is 49.9 Å². The molecule has 6 atom stereocenters. The van der Waals surface area contributed by atoms with E-state index in [-0.39, 0.29) is 24.0 Å². The SMILES string of the molecule is Cn1cc2c(n1)CCCC2C(=O)N1CC2CC3CC2C1C3O. The Morgan fingerprint density at radius 3 is 3.05 bits per heavy atom. The van der Waals surface area contributed by atoms with Gasteiger partial charge >= 0.3 is 0 Å². The minimum absolute atomic E-state index is 0.0406. The van der Waals surface area contributed by atoms with Crippen molar-refractivity contribution in [3.63, 3.8) is 0 Å². The van der Waals surface area contributed by atoms with Crippen molar-refractivity contribution in [2.75, 3.05) is 6.54 Å². The molecule has 1 N–H and O–H groups in total. The van der Waals surface area contributed by atoms with Crippen molar-refractivity contribution in [3.8, 4) is 0 Å². The zero-order chi connectivity index (χ0) is 15.0. The minimum atomic E-state index is -0.287. The highest BCUT2D eigenvalue weighted by Crippen LogP contribution is 2.55. The number of hydrogen-bond acceptors (Lipinski definition) is 3. The fourth-order valence-corrected chi connectivity index (χ4v) is 5.79. The van der Waals surface area contributed by atoms with E-state index < -0.39 is 0 Å². The molecule has 3 aliphatic carbocycles. The van der Waals surface area contributed by atoms with E-state index in [2.05, 4.69) is 5.10 Å². The molecular formula is C17H23N3O2. The molecule has 1 amide bonds. The lowest BCUT2D eigenvalue weighted by atomic mass is 9.85. The minimum Gasteiger partial charge on any atom is -0.391 e. The van der Waals surface area contributed by atoms with E-state index in [1.165, 1.54) is 0 Å². The summed E-state index contributed by atoms with van der Waals surface area (Å²) in [5.41, 5.74) is 2.22. The third-order valence-electron chi connectivity index (χ3n) is 6.65. The molecule has 5 rings (SSSR count). The molecule has 5 nitrogen and oxygen atoms in total. The Morgan fingerprint density at radius 1 is 1.36 bits per heavy atom. The van der Waals surface area contributed by atoms with Gasteiger partial charge in [-0.1, -0.05) is 0 Å². The Hall–Kier alpha value is -1.36. The second-order valence-corrected chi connectivity index (χ2v) is 7.78. The predicted octanol–water partition coefficient (Wildman–Crippen LogP) is 1.07. The Bertz CT molecular complexity index is 638. The van der Waals surface area contributed by atoms with Crippen LogP contribution in [0.4, 0.5) is 0 Å². The van der Waals surface area contributed by atoms with Crippen molar-refractivity contribution in [1.29, 1.82) is 0 Å². The van der Waals surface area contributed by atoms with E-state index in [9.17, 15) is 9.90 Å². The van der Waals surface area contributed by atoms with Crippen LogP contribution < -0.4 is 0 Å². The normalized spacial score (nSPS) is 42.0. The fourth-order valence-electron chi connectivity index (χ4n) is 5.79. The first kappa shape index (κ1) is 13.1. The molecule has 0 aromatic carbocycles. The number of carbonyl (C=O) groups is 1. The molecule has 0 radical (unpaired) electrons. The fraction of sp³-hybridized carbons (Fsp3) is 0.765. The van der Waals surface area contributed by atoms with Crippen LogP contribution >= 0.6 is 0 Å². The van der Waals surface area contributed by atoms with Gasteiger partial charge in [0.05, 0.1) is 23.8 Å². The lowest BCUT2D eigenvalue weighted by molar-refractivity contribution is -0.136. The summed E-state index contributed by atoms with van der Waals surface area (Å²) in [5, 5.41) is 15.0. The Kier molecular flexibility index (Phi) is 2.59. The molecular weight excluding hydrogens is 278 g/mol. The lowest BCUT2D eigenvalue weighted by Crippen LogP contribution is -2.45. The van der Waals surface area contributed by atoms with E-state index >= 15 is 0 Å². The zero-order valence-corrected chi connectivity index (χ0v) is 13.0. The van der Waals surface area contributed by atoms with Crippen molar-refractivity contribution < 1.29 is 9.90 Å². The lowest BCUT2D eigenvalue weighted by Gasteiger charge is -2.32. The maximum absolute atomic E-state index is 13.2. The number of rotatable bonds is 1. The van der Waals surface area contributed by atoms with Crippen molar-refractivity contribution in [3.05, 3.63) is 17.5 Å². The maximum Gasteiger partial charge on any atom is 0.230 e. The number of hydrogen-bond donors (Lipinski definition) is 1. The maximum atomic E-state index is 13.2. The standard InChI is InChI=1S/C17H23N3O2/c1-19-8-13-11(3-2-4-14(13)18-19)17(22)20-7-10-5-9-6-12(10)15(20)16(9)21/h8-12,15-16,21H,2-7H2,1H3. The van der Waals surface area contributed by atoms with E-state index in [4.69, 9.17) is 0 Å². The van der Waals surface area contributed by atoms with Crippen LogP contribution in [0, 0.1) is 17.8 Å². The van der Waals surface area contributed by atoms with Gasteiger partial charge in [-0.05, 0) is 49.9 Å². The number of carbonyl (C=O) groups excluding carboxylic acids is 1. The predicted molar refractivity (Wildman–Crippen MR) is 80.1 cm³/mol. The van der Waals surface area contributed by atoms with Gasteiger partial charge in [0, 0.05) is 25.4 Å². The third-order valence-corrected chi connectivity index (χ3v) is 6.65. The Labute approximate surface area is 130 Å². The van der Waals surface area contributed by atoms with E-state index in [1.54, 1.807) is 0 Å². The number of aliphatic hydroxyl groups is 1. The van der Waals surface area contributed by atoms with Crippen molar-refractivity contribution in [1.82, 2.24) is 14.7 Å². The van der Waals surface area contributed by atoms with E-state index in [0.29, 0.717) is 17.8 Å². The summed E-state index contributed by atoms with van der Waals surface area (Å²) in [6.45, 7) is 0.869. The van der Waals surface area contributed by atoms with Crippen LogP contribution in [0.1, 0.15) is 42.9 Å². The average Bonchev–Trinajstić information content (AvgIpc) is 3.18. The molecule has 1 aromatic rings. The number of fused-ring (bicyclic) bond motifs is 2. The van der Waals surface area contributed by atoms with Gasteiger partial charge in [-0.15, -0.1) is 0 Å². The summed E-state index contributed by atoms with van der Waals surface area (Å²) in [4.78, 5) is 15.2. The van der Waals surface area contributed by atoms with Crippen LogP contribution in [-0.2, 0) is 18.3 Å². The number of nitrogens with zero attached hydrogens (tertiary/aromatic N) is 3. The highest BCUT2D eigenvalue weighted by atomic mass is 16.3. The molecule has 3 fully saturated rings. The smallest absolute Gasteiger partial charge is 0.230 e. The van der Waals surface area contributed by atoms with Gasteiger partial charge in [0.2, 0.25) is 5.91 Å². The first-order valence-corrected chi connectivity index (χ1v) is 8.64. The van der Waals surface area contributed by atoms with Crippen LogP contribution in [0.25, 0.3) is 0 Å². The summed E-state index contributed by atoms with van der Waals surface area (Å²) < 4.78 is 1.84. The summed E-state index contributed by atoms with van der Waals surface area (Å²) in [6.07, 6.45) is 6.93. The second-order valence-electron chi connectivity index (χ2n) is 7.78. The molecule has 0 spiro atoms. The van der Waals surface area contributed by atoms with Gasteiger partial charge < -0.3 is 10.0 Å². The van der Waals surface area contributed by atoms with E-state index in [1.807, 2.05) is 22.8 Å². The quantitative estimate of drug-likeness (QED) is 0.844. The first-order valence-electron chi connectivity index (χ1n) is 8.64. The topological polar surface area (TPSA) is 58.4 Å². The van der Waals surface area contributed by atoms with Gasteiger partial charge in [-0.25, -0.2) is 0 Å². The van der Waals surface area contributed by atoms with Crippen LogP contribution in [0.15, 0.2) is 6.20 Å². The van der Waals surface area contributed by atoms with Gasteiger partial charge in [-0.2, -0.15) is 5.10 Å². The molecule has 2 saturated carbocycles. The molecule has 5 heteroatoms. The largest absolute Gasteiger partial charge is 0.391 e. The van der Waals surface area contributed by atoms with Gasteiger partial charge in [-0.3, -0.25) is 9.48 Å². The number of aromatic nitrogens is 2. The van der Waals surface area contributed by atoms with Crippen LogP contribution in [0.3, 0.4) is 0 Å². The highest BCUT2D eigenvalue weighted by Gasteiger charge is 2.60. The molecule has 118 valence electrons. The molecule has 1 aromatic heterocycles. The first-order chi connectivity index (χ1) is 10.6. The van der Waals surface area contributed by atoms with Gasteiger partial charge in [0.25, 0.3) is 0 Å². The molecule has 4 aliphatic rings. The zero-order valence-electron chi connectivity index (χ0n) is 13.0. The molecule has 2 heterocycles. The summed E-state index contributed by atoms with van der Waals surface area (Å²) in [6, 6.07) is 0.0956. The molecule has 1 aliphatic heterocycles. The Balaban J connectivity index is 1.46. The van der Waals surface area contributed by atoms with Crippen molar-refractivity contribution in [2.45, 2.75) is 50.2 Å².